The molecule has 0 radical (unpaired) electrons. The average Bonchev–Trinajstić information content (AvgIpc) is 2.46. The van der Waals surface area contributed by atoms with Gasteiger partial charge < -0.3 is 14.6 Å². The lowest BCUT2D eigenvalue weighted by Crippen LogP contribution is -2.09. The Hall–Kier alpha value is -2.49. The zero-order valence-corrected chi connectivity index (χ0v) is 12.8. The molecule has 1 aromatic carbocycles. The van der Waals surface area contributed by atoms with E-state index in [1.165, 1.54) is 7.11 Å². The number of allylic oxidation sites excluding steroid dienone is 4. The number of carbonyl (C=O) groups excluding carboxylic acids is 1. The Morgan fingerprint density at radius 1 is 1.19 bits per heavy atom. The van der Waals surface area contributed by atoms with Crippen LogP contribution in [0.15, 0.2) is 54.0 Å². The van der Waals surface area contributed by atoms with E-state index in [1.54, 1.807) is 51.1 Å². The summed E-state index contributed by atoms with van der Waals surface area (Å²) >= 11 is 0. The molecule has 0 aliphatic heterocycles. The molecule has 0 unspecified atom stereocenters. The molecule has 4 heteroatoms. The molecule has 0 atom stereocenters. The lowest BCUT2D eigenvalue weighted by molar-refractivity contribution is -0.139. The molecule has 0 aliphatic rings. The molecule has 0 saturated heterocycles. The van der Waals surface area contributed by atoms with Gasteiger partial charge in [0, 0.05) is 5.57 Å². The van der Waals surface area contributed by atoms with Gasteiger partial charge in [-0.05, 0) is 44.0 Å². The minimum absolute atomic E-state index is 0.160. The normalized spacial score (nSPS) is 11.2. The summed E-state index contributed by atoms with van der Waals surface area (Å²) in [6, 6.07) is 6.65. The predicted octanol–water partition coefficient (Wildman–Crippen LogP) is 3.79. The molecule has 1 N–H and O–H groups in total. The largest absolute Gasteiger partial charge is 0.508 e. The number of rotatable bonds is 5. The van der Waals surface area contributed by atoms with Crippen molar-refractivity contribution < 1.29 is 19.4 Å². The summed E-state index contributed by atoms with van der Waals surface area (Å²) in [4.78, 5) is 11.7. The fraction of sp³-hybridized carbons (Fsp3) is 0.235. The Morgan fingerprint density at radius 3 is 2.19 bits per heavy atom. The van der Waals surface area contributed by atoms with Crippen molar-refractivity contribution in [1.82, 2.24) is 0 Å². The van der Waals surface area contributed by atoms with Crippen LogP contribution < -0.4 is 0 Å². The molecule has 1 rings (SSSR count). The number of methoxy groups -OCH3 is 1. The van der Waals surface area contributed by atoms with Crippen LogP contribution in [0.25, 0.3) is 5.57 Å². The van der Waals surface area contributed by atoms with E-state index in [2.05, 4.69) is 6.58 Å². The SMILES string of the molecule is C=C/C(=C(\C)OC(C(=O)OC)=C(C)C)c1ccc(O)cc1. The van der Waals surface area contributed by atoms with Crippen molar-refractivity contribution >= 4 is 11.5 Å². The summed E-state index contributed by atoms with van der Waals surface area (Å²) in [7, 11) is 1.31. The highest BCUT2D eigenvalue weighted by Gasteiger charge is 2.16. The second kappa shape index (κ2) is 7.33. The van der Waals surface area contributed by atoms with E-state index >= 15 is 0 Å². The molecule has 0 fully saturated rings. The molecule has 4 nitrogen and oxygen atoms in total. The second-order valence-electron chi connectivity index (χ2n) is 4.64. The predicted molar refractivity (Wildman–Crippen MR) is 82.4 cm³/mol. The first-order valence-electron chi connectivity index (χ1n) is 6.47. The fourth-order valence-corrected chi connectivity index (χ4v) is 1.75. The van der Waals surface area contributed by atoms with Gasteiger partial charge >= 0.3 is 5.97 Å². The van der Waals surface area contributed by atoms with Crippen LogP contribution in [-0.4, -0.2) is 18.2 Å². The van der Waals surface area contributed by atoms with Crippen LogP contribution in [0.4, 0.5) is 0 Å². The van der Waals surface area contributed by atoms with E-state index in [-0.39, 0.29) is 11.5 Å². The number of carbonyl (C=O) groups is 1. The minimum atomic E-state index is -0.525. The van der Waals surface area contributed by atoms with Gasteiger partial charge in [0.15, 0.2) is 0 Å². The molecule has 1 aromatic rings. The number of hydrogen-bond donors (Lipinski definition) is 1. The Bertz CT molecular complexity index is 588. The number of phenolic OH excluding ortho intramolecular Hbond substituents is 1. The Kier molecular flexibility index (Phi) is 5.79. The highest BCUT2D eigenvalue weighted by Crippen LogP contribution is 2.25. The summed E-state index contributed by atoms with van der Waals surface area (Å²) < 4.78 is 10.4. The standard InChI is InChI=1S/C17H20O4/c1-6-15(13-7-9-14(18)10-8-13)12(4)21-16(11(2)3)17(19)20-5/h6-10,18H,1H2,2-5H3/b15-12-. The van der Waals surface area contributed by atoms with Gasteiger partial charge in [-0.2, -0.15) is 0 Å². The van der Waals surface area contributed by atoms with Crippen molar-refractivity contribution in [2.24, 2.45) is 0 Å². The number of benzene rings is 1. The number of aromatic hydroxyl groups is 1. The number of phenols is 1. The second-order valence-corrected chi connectivity index (χ2v) is 4.64. The van der Waals surface area contributed by atoms with Crippen molar-refractivity contribution in [3.63, 3.8) is 0 Å². The highest BCUT2D eigenvalue weighted by molar-refractivity contribution is 5.87. The smallest absolute Gasteiger partial charge is 0.373 e. The van der Waals surface area contributed by atoms with E-state index in [1.807, 2.05) is 0 Å². The first-order chi connectivity index (χ1) is 9.90. The first-order valence-corrected chi connectivity index (χ1v) is 6.47. The zero-order valence-electron chi connectivity index (χ0n) is 12.8. The van der Waals surface area contributed by atoms with Crippen molar-refractivity contribution in [2.45, 2.75) is 20.8 Å². The molecule has 0 bridgehead atoms. The molecule has 0 aromatic heterocycles. The quantitative estimate of drug-likeness (QED) is 0.387. The van der Waals surface area contributed by atoms with E-state index in [0.29, 0.717) is 5.76 Å². The maximum Gasteiger partial charge on any atom is 0.373 e. The van der Waals surface area contributed by atoms with Gasteiger partial charge in [0.25, 0.3) is 0 Å². The van der Waals surface area contributed by atoms with Crippen LogP contribution in [0, 0.1) is 0 Å². The number of esters is 1. The van der Waals surface area contributed by atoms with Gasteiger partial charge in [-0.25, -0.2) is 4.79 Å². The van der Waals surface area contributed by atoms with E-state index < -0.39 is 5.97 Å². The summed E-state index contributed by atoms with van der Waals surface area (Å²) in [5, 5.41) is 9.33. The topological polar surface area (TPSA) is 55.8 Å². The van der Waals surface area contributed by atoms with Crippen LogP contribution in [0.3, 0.4) is 0 Å². The van der Waals surface area contributed by atoms with Crippen LogP contribution >= 0.6 is 0 Å². The molecule has 21 heavy (non-hydrogen) atoms. The third-order valence-electron chi connectivity index (χ3n) is 2.84. The third-order valence-corrected chi connectivity index (χ3v) is 2.84. The van der Waals surface area contributed by atoms with Gasteiger partial charge in [-0.3, -0.25) is 0 Å². The summed E-state index contributed by atoms with van der Waals surface area (Å²) in [6.07, 6.45) is 1.64. The lowest BCUT2D eigenvalue weighted by atomic mass is 10.0. The summed E-state index contributed by atoms with van der Waals surface area (Å²) in [5.74, 6) is 0.342. The molecule has 0 saturated carbocycles. The molecule has 112 valence electrons. The van der Waals surface area contributed by atoms with Crippen molar-refractivity contribution in [2.75, 3.05) is 7.11 Å². The average molecular weight is 288 g/mol. The highest BCUT2D eigenvalue weighted by atomic mass is 16.6. The fourth-order valence-electron chi connectivity index (χ4n) is 1.75. The zero-order chi connectivity index (χ0) is 16.0. The molecule has 0 aliphatic carbocycles. The Morgan fingerprint density at radius 2 is 1.76 bits per heavy atom. The van der Waals surface area contributed by atoms with Crippen molar-refractivity contribution in [3.05, 3.63) is 59.6 Å². The maximum absolute atomic E-state index is 11.7. The lowest BCUT2D eigenvalue weighted by Gasteiger charge is -2.13. The molecule has 0 heterocycles. The van der Waals surface area contributed by atoms with Gasteiger partial charge in [-0.15, -0.1) is 0 Å². The van der Waals surface area contributed by atoms with Gasteiger partial charge in [0.2, 0.25) is 5.76 Å². The number of hydrogen-bond acceptors (Lipinski definition) is 4. The van der Waals surface area contributed by atoms with E-state index in [4.69, 9.17) is 9.47 Å². The van der Waals surface area contributed by atoms with Gasteiger partial charge in [0.1, 0.15) is 11.5 Å². The summed E-state index contributed by atoms with van der Waals surface area (Å²) in [5.41, 5.74) is 2.28. The molecular weight excluding hydrogens is 268 g/mol. The van der Waals surface area contributed by atoms with Crippen molar-refractivity contribution in [3.8, 4) is 5.75 Å². The molecule has 0 amide bonds. The van der Waals surface area contributed by atoms with Crippen LogP contribution in [0.5, 0.6) is 5.75 Å². The maximum atomic E-state index is 11.7. The number of ether oxygens (including phenoxy) is 2. The summed E-state index contributed by atoms with van der Waals surface area (Å²) in [6.45, 7) is 9.05. The Labute approximate surface area is 125 Å². The van der Waals surface area contributed by atoms with Crippen LogP contribution in [0.2, 0.25) is 0 Å². The monoisotopic (exact) mass is 288 g/mol. The van der Waals surface area contributed by atoms with Gasteiger partial charge in [-0.1, -0.05) is 24.8 Å². The van der Waals surface area contributed by atoms with Crippen LogP contribution in [-0.2, 0) is 14.3 Å². The Balaban J connectivity index is 3.19. The first kappa shape index (κ1) is 16.6. The molecule has 0 spiro atoms. The van der Waals surface area contributed by atoms with E-state index in [0.717, 1.165) is 16.7 Å². The molecular formula is C17H20O4. The van der Waals surface area contributed by atoms with Gasteiger partial charge in [0.05, 0.1) is 7.11 Å². The van der Waals surface area contributed by atoms with Crippen molar-refractivity contribution in [1.29, 1.82) is 0 Å². The van der Waals surface area contributed by atoms with E-state index in [9.17, 15) is 9.90 Å². The van der Waals surface area contributed by atoms with Crippen LogP contribution in [0.1, 0.15) is 26.3 Å². The third kappa shape index (κ3) is 4.24. The minimum Gasteiger partial charge on any atom is -0.508 e.